The first-order valence-electron chi connectivity index (χ1n) is 6.91. The summed E-state index contributed by atoms with van der Waals surface area (Å²) in [6.45, 7) is 7.11. The molecule has 1 heteroatoms. The van der Waals surface area contributed by atoms with Crippen molar-refractivity contribution in [3.8, 4) is 0 Å². The Morgan fingerprint density at radius 3 is 2.33 bits per heavy atom. The molecule has 1 saturated carbocycles. The molecule has 0 spiro atoms. The molecule has 3 atom stereocenters. The van der Waals surface area contributed by atoms with Gasteiger partial charge in [-0.2, -0.15) is 0 Å². The van der Waals surface area contributed by atoms with E-state index in [-0.39, 0.29) is 0 Å². The number of hydrogen-bond acceptors (Lipinski definition) is 1. The van der Waals surface area contributed by atoms with Gasteiger partial charge < -0.3 is 4.74 Å². The van der Waals surface area contributed by atoms with Crippen LogP contribution in [0.15, 0.2) is 0 Å². The fourth-order valence-electron chi connectivity index (χ4n) is 3.84. The fourth-order valence-corrected chi connectivity index (χ4v) is 3.84. The highest BCUT2D eigenvalue weighted by Crippen LogP contribution is 2.51. The maximum atomic E-state index is 5.67. The number of rotatable bonds is 5. The molecule has 1 aliphatic carbocycles. The molecule has 0 amide bonds. The minimum Gasteiger partial charge on any atom is -0.370 e. The number of fused-ring (bicyclic) bond motifs is 1. The fraction of sp³-hybridized carbons (Fsp3) is 1.00. The summed E-state index contributed by atoms with van der Waals surface area (Å²) in [6, 6.07) is 0. The van der Waals surface area contributed by atoms with Gasteiger partial charge in [-0.25, -0.2) is 0 Å². The van der Waals surface area contributed by atoms with Crippen LogP contribution in [0.5, 0.6) is 0 Å². The lowest BCUT2D eigenvalue weighted by molar-refractivity contribution is 0.0976. The Morgan fingerprint density at radius 1 is 1.07 bits per heavy atom. The summed E-state index contributed by atoms with van der Waals surface area (Å²) in [4.78, 5) is 0. The van der Waals surface area contributed by atoms with Crippen LogP contribution >= 0.6 is 0 Å². The highest BCUT2D eigenvalue weighted by Gasteiger charge is 2.48. The van der Waals surface area contributed by atoms with Crippen LogP contribution in [0.2, 0.25) is 0 Å². The predicted octanol–water partition coefficient (Wildman–Crippen LogP) is 4.16. The molecule has 2 aliphatic rings. The summed E-state index contributed by atoms with van der Waals surface area (Å²) in [5.41, 5.74) is 0.631. The molecule has 2 fully saturated rings. The number of ether oxygens (including phenoxy) is 1. The third kappa shape index (κ3) is 2.08. The average molecular weight is 210 g/mol. The maximum Gasteiger partial charge on any atom is 0.0844 e. The molecule has 0 radical (unpaired) electrons. The third-order valence-corrected chi connectivity index (χ3v) is 5.03. The summed E-state index contributed by atoms with van der Waals surface area (Å²) in [5.74, 6) is 0.941. The highest BCUT2D eigenvalue weighted by molar-refractivity contribution is 4.97. The lowest BCUT2D eigenvalue weighted by atomic mass is 9.63. The number of hydrogen-bond donors (Lipinski definition) is 0. The van der Waals surface area contributed by atoms with Gasteiger partial charge in [-0.15, -0.1) is 0 Å². The quantitative estimate of drug-likeness (QED) is 0.621. The van der Waals surface area contributed by atoms with Gasteiger partial charge in [0.2, 0.25) is 0 Å². The van der Waals surface area contributed by atoms with E-state index in [0.29, 0.717) is 17.6 Å². The molecular formula is C14H26O. The monoisotopic (exact) mass is 210 g/mol. The molecule has 0 aromatic rings. The van der Waals surface area contributed by atoms with E-state index in [0.717, 1.165) is 5.92 Å². The lowest BCUT2D eigenvalue weighted by Crippen LogP contribution is -2.33. The first-order chi connectivity index (χ1) is 7.25. The van der Waals surface area contributed by atoms with E-state index < -0.39 is 0 Å². The number of epoxide rings is 1. The molecule has 2 rings (SSSR count). The average Bonchev–Trinajstić information content (AvgIpc) is 3.04. The van der Waals surface area contributed by atoms with E-state index in [1.165, 1.54) is 44.9 Å². The van der Waals surface area contributed by atoms with Crippen molar-refractivity contribution < 1.29 is 4.74 Å². The summed E-state index contributed by atoms with van der Waals surface area (Å²) in [5, 5.41) is 0. The van der Waals surface area contributed by atoms with Gasteiger partial charge in [0, 0.05) is 0 Å². The zero-order valence-electron chi connectivity index (χ0n) is 10.6. The van der Waals surface area contributed by atoms with E-state index in [4.69, 9.17) is 4.74 Å². The Morgan fingerprint density at radius 2 is 1.80 bits per heavy atom. The van der Waals surface area contributed by atoms with Crippen molar-refractivity contribution in [3.05, 3.63) is 0 Å². The normalized spacial score (nSPS) is 35.0. The lowest BCUT2D eigenvalue weighted by Gasteiger charge is -2.41. The first kappa shape index (κ1) is 11.4. The second-order valence-corrected chi connectivity index (χ2v) is 5.54. The molecule has 0 aromatic heterocycles. The van der Waals surface area contributed by atoms with Crippen molar-refractivity contribution in [1.29, 1.82) is 0 Å². The summed E-state index contributed by atoms with van der Waals surface area (Å²) >= 11 is 0. The molecule has 1 aliphatic heterocycles. The maximum absolute atomic E-state index is 5.67. The van der Waals surface area contributed by atoms with E-state index >= 15 is 0 Å². The van der Waals surface area contributed by atoms with Gasteiger partial charge in [0.1, 0.15) is 0 Å². The Kier molecular flexibility index (Phi) is 3.39. The third-order valence-electron chi connectivity index (χ3n) is 5.03. The van der Waals surface area contributed by atoms with Gasteiger partial charge in [0.25, 0.3) is 0 Å². The van der Waals surface area contributed by atoms with E-state index in [9.17, 15) is 0 Å². The van der Waals surface area contributed by atoms with Crippen molar-refractivity contribution in [2.75, 3.05) is 0 Å². The minimum atomic E-state index is 0.631. The van der Waals surface area contributed by atoms with Crippen molar-refractivity contribution in [1.82, 2.24) is 0 Å². The molecule has 88 valence electrons. The molecule has 1 heterocycles. The van der Waals surface area contributed by atoms with Crippen molar-refractivity contribution in [2.45, 2.75) is 77.9 Å². The van der Waals surface area contributed by atoms with Crippen LogP contribution in [0.25, 0.3) is 0 Å². The van der Waals surface area contributed by atoms with Gasteiger partial charge in [-0.3, -0.25) is 0 Å². The van der Waals surface area contributed by atoms with E-state index in [1.54, 1.807) is 0 Å². The zero-order valence-corrected chi connectivity index (χ0v) is 10.6. The highest BCUT2D eigenvalue weighted by atomic mass is 16.6. The zero-order chi connectivity index (χ0) is 10.9. The SMILES string of the molecule is CCCC(CC)(CC)C1CCC2OC2C1. The van der Waals surface area contributed by atoms with Gasteiger partial charge in [-0.1, -0.05) is 40.0 Å². The van der Waals surface area contributed by atoms with Crippen LogP contribution in [0.3, 0.4) is 0 Å². The summed E-state index contributed by atoms with van der Waals surface area (Å²) in [6.07, 6.45) is 10.9. The second-order valence-electron chi connectivity index (χ2n) is 5.54. The van der Waals surface area contributed by atoms with Crippen molar-refractivity contribution >= 4 is 0 Å². The second kappa shape index (κ2) is 4.45. The van der Waals surface area contributed by atoms with E-state index in [1.807, 2.05) is 0 Å². The van der Waals surface area contributed by atoms with E-state index in [2.05, 4.69) is 20.8 Å². The summed E-state index contributed by atoms with van der Waals surface area (Å²) < 4.78 is 5.67. The van der Waals surface area contributed by atoms with Crippen LogP contribution in [-0.4, -0.2) is 12.2 Å². The molecule has 0 bridgehead atoms. The summed E-state index contributed by atoms with van der Waals surface area (Å²) in [7, 11) is 0. The van der Waals surface area contributed by atoms with Crippen molar-refractivity contribution in [2.24, 2.45) is 11.3 Å². The largest absolute Gasteiger partial charge is 0.370 e. The van der Waals surface area contributed by atoms with Gasteiger partial charge in [0.15, 0.2) is 0 Å². The molecule has 0 N–H and O–H groups in total. The van der Waals surface area contributed by atoms with Crippen LogP contribution in [0.1, 0.15) is 65.7 Å². The van der Waals surface area contributed by atoms with Crippen LogP contribution in [0.4, 0.5) is 0 Å². The Balaban J connectivity index is 2.01. The Hall–Kier alpha value is -0.0400. The van der Waals surface area contributed by atoms with Crippen molar-refractivity contribution in [3.63, 3.8) is 0 Å². The predicted molar refractivity (Wildman–Crippen MR) is 63.9 cm³/mol. The standard InChI is InChI=1S/C14H26O/c1-4-9-14(5-2,6-3)11-7-8-12-13(10-11)15-12/h11-13H,4-10H2,1-3H3. The smallest absolute Gasteiger partial charge is 0.0844 e. The van der Waals surface area contributed by atoms with Crippen LogP contribution < -0.4 is 0 Å². The van der Waals surface area contributed by atoms with Crippen LogP contribution in [0, 0.1) is 11.3 Å². The molecule has 1 saturated heterocycles. The molecule has 0 aromatic carbocycles. The first-order valence-corrected chi connectivity index (χ1v) is 6.91. The minimum absolute atomic E-state index is 0.631. The van der Waals surface area contributed by atoms with Crippen LogP contribution in [-0.2, 0) is 4.74 Å². The molecule has 1 nitrogen and oxygen atoms in total. The van der Waals surface area contributed by atoms with Gasteiger partial charge >= 0.3 is 0 Å². The topological polar surface area (TPSA) is 12.5 Å². The Labute approximate surface area is 94.6 Å². The molecular weight excluding hydrogens is 184 g/mol. The van der Waals surface area contributed by atoms with Gasteiger partial charge in [0.05, 0.1) is 12.2 Å². The Bertz CT molecular complexity index is 207. The molecule has 15 heavy (non-hydrogen) atoms. The van der Waals surface area contributed by atoms with Gasteiger partial charge in [-0.05, 0) is 37.0 Å². The molecule has 3 unspecified atom stereocenters.